The van der Waals surface area contributed by atoms with E-state index in [-0.39, 0.29) is 6.04 Å². The fourth-order valence-corrected chi connectivity index (χ4v) is 5.13. The summed E-state index contributed by atoms with van der Waals surface area (Å²) >= 11 is 0. The summed E-state index contributed by atoms with van der Waals surface area (Å²) in [7, 11) is -3.43. The first kappa shape index (κ1) is 16.5. The van der Waals surface area contributed by atoms with Gasteiger partial charge in [-0.1, -0.05) is 26.0 Å². The van der Waals surface area contributed by atoms with Crippen LogP contribution < -0.4 is 5.73 Å². The lowest BCUT2D eigenvalue weighted by Crippen LogP contribution is -2.44. The lowest BCUT2D eigenvalue weighted by molar-refractivity contribution is 0.220. The molecule has 21 heavy (non-hydrogen) atoms. The van der Waals surface area contributed by atoms with Crippen LogP contribution in [0.15, 0.2) is 23.1 Å². The second kappa shape index (κ2) is 6.46. The second-order valence-corrected chi connectivity index (χ2v) is 7.95. The van der Waals surface area contributed by atoms with Gasteiger partial charge in [0, 0.05) is 19.1 Å². The van der Waals surface area contributed by atoms with Gasteiger partial charge in [-0.15, -0.1) is 0 Å². The molecule has 1 fully saturated rings. The minimum atomic E-state index is -3.43. The van der Waals surface area contributed by atoms with Crippen molar-refractivity contribution in [3.05, 3.63) is 29.3 Å². The predicted molar refractivity (Wildman–Crippen MR) is 85.5 cm³/mol. The van der Waals surface area contributed by atoms with E-state index in [0.29, 0.717) is 30.3 Å². The van der Waals surface area contributed by atoms with Crippen LogP contribution in [0.25, 0.3) is 0 Å². The Morgan fingerprint density at radius 2 is 2.05 bits per heavy atom. The van der Waals surface area contributed by atoms with Gasteiger partial charge >= 0.3 is 0 Å². The molecular weight excluding hydrogens is 284 g/mol. The summed E-state index contributed by atoms with van der Waals surface area (Å²) in [6, 6.07) is 5.62. The highest BCUT2D eigenvalue weighted by Crippen LogP contribution is 2.30. The smallest absolute Gasteiger partial charge is 0.243 e. The van der Waals surface area contributed by atoms with E-state index in [1.54, 1.807) is 10.4 Å². The molecule has 0 aromatic heterocycles. The average molecular weight is 310 g/mol. The third-order valence-corrected chi connectivity index (χ3v) is 6.51. The van der Waals surface area contributed by atoms with Crippen molar-refractivity contribution in [2.45, 2.75) is 57.5 Å². The Morgan fingerprint density at radius 3 is 2.62 bits per heavy atom. The Kier molecular flexibility index (Phi) is 5.07. The van der Waals surface area contributed by atoms with Crippen LogP contribution in [0.1, 0.15) is 44.7 Å². The van der Waals surface area contributed by atoms with Gasteiger partial charge in [0.2, 0.25) is 10.0 Å². The highest BCUT2D eigenvalue weighted by atomic mass is 32.2. The summed E-state index contributed by atoms with van der Waals surface area (Å²) in [6.07, 6.45) is 2.57. The number of hydrogen-bond acceptors (Lipinski definition) is 3. The molecule has 0 radical (unpaired) electrons. The number of sulfonamides is 1. The van der Waals surface area contributed by atoms with Gasteiger partial charge in [-0.2, -0.15) is 4.31 Å². The molecule has 118 valence electrons. The van der Waals surface area contributed by atoms with Gasteiger partial charge in [0.15, 0.2) is 0 Å². The molecule has 1 aliphatic heterocycles. The molecule has 1 aromatic carbocycles. The van der Waals surface area contributed by atoms with Crippen molar-refractivity contribution in [2.75, 3.05) is 6.54 Å². The first-order chi connectivity index (χ1) is 9.90. The van der Waals surface area contributed by atoms with Crippen molar-refractivity contribution in [1.29, 1.82) is 0 Å². The Labute approximate surface area is 128 Å². The summed E-state index contributed by atoms with van der Waals surface area (Å²) in [5.74, 6) is 0.590. The van der Waals surface area contributed by atoms with Crippen LogP contribution in [0.4, 0.5) is 0 Å². The Bertz CT molecular complexity index is 598. The number of nitrogens with two attached hydrogens (primary N) is 1. The SMILES string of the molecule is CCc1ccc(CN)cc1S(=O)(=O)N1CCC(C)CC1C. The van der Waals surface area contributed by atoms with Gasteiger partial charge in [-0.05, 0) is 49.3 Å². The number of hydrogen-bond donors (Lipinski definition) is 1. The zero-order valence-electron chi connectivity index (χ0n) is 13.2. The van der Waals surface area contributed by atoms with E-state index in [0.717, 1.165) is 24.0 Å². The molecule has 5 heteroatoms. The number of piperidine rings is 1. The predicted octanol–water partition coefficient (Wildman–Crippen LogP) is 2.52. The summed E-state index contributed by atoms with van der Waals surface area (Å²) in [5, 5.41) is 0. The van der Waals surface area contributed by atoms with Gasteiger partial charge in [-0.25, -0.2) is 8.42 Å². The molecule has 0 bridgehead atoms. The van der Waals surface area contributed by atoms with Crippen molar-refractivity contribution in [1.82, 2.24) is 4.31 Å². The Balaban J connectivity index is 2.43. The van der Waals surface area contributed by atoms with Gasteiger partial charge < -0.3 is 5.73 Å². The van der Waals surface area contributed by atoms with Crippen LogP contribution in [-0.4, -0.2) is 25.3 Å². The van der Waals surface area contributed by atoms with E-state index < -0.39 is 10.0 Å². The van der Waals surface area contributed by atoms with Crippen molar-refractivity contribution in [3.63, 3.8) is 0 Å². The molecule has 2 unspecified atom stereocenters. The minimum Gasteiger partial charge on any atom is -0.326 e. The van der Waals surface area contributed by atoms with Crippen LogP contribution in [0.5, 0.6) is 0 Å². The number of aryl methyl sites for hydroxylation is 1. The largest absolute Gasteiger partial charge is 0.326 e. The molecule has 1 heterocycles. The fraction of sp³-hybridized carbons (Fsp3) is 0.625. The highest BCUT2D eigenvalue weighted by molar-refractivity contribution is 7.89. The summed E-state index contributed by atoms with van der Waals surface area (Å²) in [5.41, 5.74) is 7.41. The van der Waals surface area contributed by atoms with E-state index in [4.69, 9.17) is 5.73 Å². The molecule has 2 N–H and O–H groups in total. The first-order valence-corrected chi connectivity index (χ1v) is 9.17. The van der Waals surface area contributed by atoms with E-state index in [1.165, 1.54) is 0 Å². The van der Waals surface area contributed by atoms with Crippen molar-refractivity contribution < 1.29 is 8.42 Å². The van der Waals surface area contributed by atoms with Crippen LogP contribution in [0, 0.1) is 5.92 Å². The normalized spacial score (nSPS) is 24.2. The summed E-state index contributed by atoms with van der Waals surface area (Å²) in [6.45, 7) is 7.15. The average Bonchev–Trinajstić information content (AvgIpc) is 2.46. The van der Waals surface area contributed by atoms with Crippen molar-refractivity contribution in [2.24, 2.45) is 11.7 Å². The molecule has 2 rings (SSSR count). The van der Waals surface area contributed by atoms with Crippen LogP contribution in [-0.2, 0) is 23.0 Å². The first-order valence-electron chi connectivity index (χ1n) is 7.73. The maximum atomic E-state index is 13.0. The molecular formula is C16H26N2O2S. The van der Waals surface area contributed by atoms with Crippen LogP contribution >= 0.6 is 0 Å². The zero-order valence-corrected chi connectivity index (χ0v) is 14.0. The Hall–Kier alpha value is -0.910. The van der Waals surface area contributed by atoms with E-state index in [2.05, 4.69) is 6.92 Å². The maximum Gasteiger partial charge on any atom is 0.243 e. The standard InChI is InChI=1S/C16H26N2O2S/c1-4-15-6-5-14(11-17)10-16(15)21(19,20)18-8-7-12(2)9-13(18)3/h5-6,10,12-13H,4,7-9,11,17H2,1-3H3. The zero-order chi connectivity index (χ0) is 15.6. The van der Waals surface area contributed by atoms with Gasteiger partial charge in [0.1, 0.15) is 0 Å². The third kappa shape index (κ3) is 3.30. The van der Waals surface area contributed by atoms with E-state index in [9.17, 15) is 8.42 Å². The third-order valence-electron chi connectivity index (χ3n) is 4.41. The van der Waals surface area contributed by atoms with Crippen LogP contribution in [0.3, 0.4) is 0 Å². The molecule has 0 aliphatic carbocycles. The molecule has 0 amide bonds. The van der Waals surface area contributed by atoms with Gasteiger partial charge in [0.05, 0.1) is 4.90 Å². The van der Waals surface area contributed by atoms with E-state index in [1.807, 2.05) is 26.0 Å². The van der Waals surface area contributed by atoms with Gasteiger partial charge in [0.25, 0.3) is 0 Å². The quantitative estimate of drug-likeness (QED) is 0.929. The maximum absolute atomic E-state index is 13.0. The lowest BCUT2D eigenvalue weighted by Gasteiger charge is -2.35. The lowest BCUT2D eigenvalue weighted by atomic mass is 9.95. The summed E-state index contributed by atoms with van der Waals surface area (Å²) in [4.78, 5) is 0.439. The van der Waals surface area contributed by atoms with Crippen LogP contribution in [0.2, 0.25) is 0 Å². The minimum absolute atomic E-state index is 0.0602. The molecule has 4 nitrogen and oxygen atoms in total. The fourth-order valence-electron chi connectivity index (χ4n) is 3.13. The van der Waals surface area contributed by atoms with Crippen molar-refractivity contribution >= 4 is 10.0 Å². The molecule has 1 aromatic rings. The molecule has 2 atom stereocenters. The molecule has 1 saturated heterocycles. The topological polar surface area (TPSA) is 63.4 Å². The number of rotatable bonds is 4. The highest BCUT2D eigenvalue weighted by Gasteiger charge is 2.34. The molecule has 0 spiro atoms. The Morgan fingerprint density at radius 1 is 1.33 bits per heavy atom. The van der Waals surface area contributed by atoms with Gasteiger partial charge in [-0.3, -0.25) is 0 Å². The second-order valence-electron chi connectivity index (χ2n) is 6.09. The van der Waals surface area contributed by atoms with Crippen molar-refractivity contribution in [3.8, 4) is 0 Å². The molecule has 0 saturated carbocycles. The number of nitrogens with zero attached hydrogens (tertiary/aromatic N) is 1. The monoisotopic (exact) mass is 310 g/mol. The number of benzene rings is 1. The molecule has 1 aliphatic rings. The van der Waals surface area contributed by atoms with E-state index >= 15 is 0 Å². The summed E-state index contributed by atoms with van der Waals surface area (Å²) < 4.78 is 27.7.